The molecule has 3 aliphatic rings. The Labute approximate surface area is 282 Å². The van der Waals surface area contributed by atoms with Gasteiger partial charge in [-0.2, -0.15) is 5.26 Å². The number of hydrogen-bond acceptors (Lipinski definition) is 9. The number of fused-ring (bicyclic) bond motifs is 3. The van der Waals surface area contributed by atoms with Crippen molar-refractivity contribution in [3.05, 3.63) is 53.6 Å². The van der Waals surface area contributed by atoms with Gasteiger partial charge < -0.3 is 24.0 Å². The molecule has 2 aromatic rings. The quantitative estimate of drug-likeness (QED) is 0.160. The summed E-state index contributed by atoms with van der Waals surface area (Å²) in [5, 5.41) is 12.5. The zero-order chi connectivity index (χ0) is 32.3. The maximum absolute atomic E-state index is 8.92. The molecule has 10 heteroatoms. The molecule has 2 atom stereocenters. The fourth-order valence-electron chi connectivity index (χ4n) is 6.38. The number of thioether (sulfide) groups is 1. The second kappa shape index (κ2) is 17.7. The molecule has 0 radical (unpaired) electrons. The molecule has 0 saturated carbocycles. The summed E-state index contributed by atoms with van der Waals surface area (Å²) in [5.74, 6) is 1.97. The van der Waals surface area contributed by atoms with Gasteiger partial charge in [-0.25, -0.2) is 4.67 Å². The third kappa shape index (κ3) is 9.62. The molecular formula is C36H52N5O3PS. The van der Waals surface area contributed by atoms with Crippen LogP contribution in [0.2, 0.25) is 0 Å². The van der Waals surface area contributed by atoms with Gasteiger partial charge in [0.25, 0.3) is 8.53 Å². The van der Waals surface area contributed by atoms with Crippen molar-refractivity contribution in [1.82, 2.24) is 9.57 Å². The van der Waals surface area contributed by atoms with Crippen molar-refractivity contribution in [2.45, 2.75) is 82.9 Å². The summed E-state index contributed by atoms with van der Waals surface area (Å²) in [6, 6.07) is 18.2. The van der Waals surface area contributed by atoms with E-state index in [1.54, 1.807) is 0 Å². The van der Waals surface area contributed by atoms with E-state index in [0.717, 1.165) is 70.0 Å². The first-order valence-electron chi connectivity index (χ1n) is 17.1. The number of hydrogen-bond donors (Lipinski definition) is 1. The van der Waals surface area contributed by atoms with Crippen molar-refractivity contribution in [1.29, 1.82) is 5.26 Å². The van der Waals surface area contributed by atoms with Crippen LogP contribution < -0.4 is 15.0 Å². The molecule has 1 saturated heterocycles. The molecule has 1 fully saturated rings. The molecule has 0 bridgehead atoms. The minimum absolute atomic E-state index is 0.117. The van der Waals surface area contributed by atoms with Crippen molar-refractivity contribution in [3.63, 3.8) is 0 Å². The van der Waals surface area contributed by atoms with Crippen LogP contribution in [0.25, 0.3) is 6.08 Å². The van der Waals surface area contributed by atoms with Gasteiger partial charge in [0.05, 0.1) is 25.7 Å². The highest BCUT2D eigenvalue weighted by atomic mass is 32.2. The lowest BCUT2D eigenvalue weighted by Gasteiger charge is -2.37. The number of nitrogens with one attached hydrogen (secondary N) is 1. The van der Waals surface area contributed by atoms with Gasteiger partial charge in [-0.05, 0) is 89.4 Å². The molecule has 1 N–H and O–H groups in total. The fraction of sp³-hybridized carbons (Fsp3) is 0.583. The van der Waals surface area contributed by atoms with Crippen molar-refractivity contribution >= 4 is 37.7 Å². The molecule has 5 rings (SSSR count). The predicted octanol–water partition coefficient (Wildman–Crippen LogP) is 8.02. The lowest BCUT2D eigenvalue weighted by atomic mass is 10.00. The first kappa shape index (κ1) is 35.0. The highest BCUT2D eigenvalue weighted by Gasteiger charge is 2.28. The van der Waals surface area contributed by atoms with Crippen molar-refractivity contribution < 1.29 is 13.8 Å². The topological polar surface area (TPSA) is 73.2 Å². The number of nitrogens with zero attached hydrogens (tertiary/aromatic N) is 4. The smallest absolute Gasteiger partial charge is 0.259 e. The Bertz CT molecular complexity index is 1320. The van der Waals surface area contributed by atoms with Gasteiger partial charge in [-0.1, -0.05) is 12.1 Å². The van der Waals surface area contributed by atoms with E-state index < -0.39 is 8.53 Å². The van der Waals surface area contributed by atoms with Crippen LogP contribution in [0.1, 0.15) is 65.4 Å². The van der Waals surface area contributed by atoms with Gasteiger partial charge >= 0.3 is 0 Å². The SMILES string of the molecule is CC(C)N(C(C)C)P(OCCC#N)OCCCCCN1CCN(c2ccc3c(c2)OC2CCNc4ccccc4SCC2=C3)CC1. The number of rotatable bonds is 14. The molecule has 0 amide bonds. The van der Waals surface area contributed by atoms with Gasteiger partial charge in [-0.15, -0.1) is 11.8 Å². The Morgan fingerprint density at radius 2 is 1.80 bits per heavy atom. The van der Waals surface area contributed by atoms with Crippen LogP contribution in [0.3, 0.4) is 0 Å². The average molecular weight is 666 g/mol. The first-order chi connectivity index (χ1) is 22.4. The van der Waals surface area contributed by atoms with E-state index >= 15 is 0 Å². The first-order valence-corrected chi connectivity index (χ1v) is 19.2. The van der Waals surface area contributed by atoms with Crippen LogP contribution in [0.5, 0.6) is 5.75 Å². The van der Waals surface area contributed by atoms with Crippen LogP contribution in [0.4, 0.5) is 11.4 Å². The third-order valence-corrected chi connectivity index (χ3v) is 12.0. The van der Waals surface area contributed by atoms with Gasteiger partial charge in [0, 0.05) is 84.9 Å². The lowest BCUT2D eigenvalue weighted by Crippen LogP contribution is -2.46. The molecule has 8 nitrogen and oxygen atoms in total. The predicted molar refractivity (Wildman–Crippen MR) is 193 cm³/mol. The Kier molecular flexibility index (Phi) is 13.5. The second-order valence-electron chi connectivity index (χ2n) is 12.8. The van der Waals surface area contributed by atoms with Gasteiger partial charge in [0.15, 0.2) is 0 Å². The number of nitriles is 1. The molecule has 0 aromatic heterocycles. The Balaban J connectivity index is 1.04. The van der Waals surface area contributed by atoms with E-state index in [0.29, 0.717) is 31.7 Å². The summed E-state index contributed by atoms with van der Waals surface area (Å²) in [6.07, 6.45) is 7.18. The summed E-state index contributed by atoms with van der Waals surface area (Å²) in [6.45, 7) is 16.1. The van der Waals surface area contributed by atoms with Crippen LogP contribution in [0, 0.1) is 11.3 Å². The zero-order valence-corrected chi connectivity index (χ0v) is 29.8. The second-order valence-corrected chi connectivity index (χ2v) is 15.3. The largest absolute Gasteiger partial charge is 0.485 e. The van der Waals surface area contributed by atoms with Crippen molar-refractivity contribution in [2.75, 3.05) is 68.5 Å². The Morgan fingerprint density at radius 3 is 2.59 bits per heavy atom. The summed E-state index contributed by atoms with van der Waals surface area (Å²) in [7, 11) is -1.14. The van der Waals surface area contributed by atoms with Crippen molar-refractivity contribution in [2.24, 2.45) is 0 Å². The number of piperazine rings is 1. The zero-order valence-electron chi connectivity index (χ0n) is 28.1. The maximum Gasteiger partial charge on any atom is 0.259 e. The highest BCUT2D eigenvalue weighted by Crippen LogP contribution is 2.46. The molecule has 0 aliphatic carbocycles. The van der Waals surface area contributed by atoms with E-state index in [-0.39, 0.29) is 6.10 Å². The molecule has 2 aromatic carbocycles. The molecule has 2 unspecified atom stereocenters. The van der Waals surface area contributed by atoms with Gasteiger partial charge in [0.2, 0.25) is 0 Å². The normalized spacial score (nSPS) is 19.1. The van der Waals surface area contributed by atoms with E-state index in [1.165, 1.54) is 33.8 Å². The highest BCUT2D eigenvalue weighted by molar-refractivity contribution is 7.99. The third-order valence-electron chi connectivity index (χ3n) is 8.74. The van der Waals surface area contributed by atoms with Crippen LogP contribution in [0.15, 0.2) is 52.9 Å². The lowest BCUT2D eigenvalue weighted by molar-refractivity contribution is 0.173. The molecule has 3 heterocycles. The monoisotopic (exact) mass is 665 g/mol. The van der Waals surface area contributed by atoms with E-state index in [1.807, 2.05) is 11.8 Å². The molecular weight excluding hydrogens is 613 g/mol. The van der Waals surface area contributed by atoms with Crippen LogP contribution in [-0.2, 0) is 9.05 Å². The Morgan fingerprint density at radius 1 is 1.02 bits per heavy atom. The minimum Gasteiger partial charge on any atom is -0.485 e. The van der Waals surface area contributed by atoms with Gasteiger partial charge in [0.1, 0.15) is 11.9 Å². The van der Waals surface area contributed by atoms with Gasteiger partial charge in [-0.3, -0.25) is 4.90 Å². The van der Waals surface area contributed by atoms with Crippen LogP contribution >= 0.6 is 20.3 Å². The summed E-state index contributed by atoms with van der Waals surface area (Å²) < 4.78 is 21.2. The maximum atomic E-state index is 8.92. The summed E-state index contributed by atoms with van der Waals surface area (Å²) >= 11 is 1.89. The van der Waals surface area contributed by atoms with Crippen LogP contribution in [-0.4, -0.2) is 86.0 Å². The standard InChI is InChI=1S/C36H52N5O3PS/c1-28(2)41(29(3)4)45(43-24-10-16-37)42-23-9-5-8-18-39-19-21-40(22-20-39)32-14-13-30-25-31-27-46-36-12-7-6-11-33(36)38-17-15-34(31)44-35(30)26-32/h6-7,11-14,25-26,28-29,34,38H,5,8-10,15,17-24,27H2,1-4H3. The molecule has 46 heavy (non-hydrogen) atoms. The number of para-hydroxylation sites is 1. The molecule has 3 aliphatic heterocycles. The number of anilines is 2. The van der Waals surface area contributed by atoms with Crippen molar-refractivity contribution in [3.8, 4) is 11.8 Å². The summed E-state index contributed by atoms with van der Waals surface area (Å²) in [5.41, 5.74) is 5.06. The minimum atomic E-state index is -1.14. The average Bonchev–Trinajstić information content (AvgIpc) is 3.13. The Hall–Kier alpha value is -2.31. The number of ether oxygens (including phenoxy) is 1. The number of benzene rings is 2. The van der Waals surface area contributed by atoms with E-state index in [4.69, 9.17) is 19.0 Å². The van der Waals surface area contributed by atoms with E-state index in [9.17, 15) is 0 Å². The van der Waals surface area contributed by atoms with E-state index in [2.05, 4.69) is 102 Å². The number of unbranched alkanes of at least 4 members (excludes halogenated alkanes) is 2. The molecule has 250 valence electrons. The summed E-state index contributed by atoms with van der Waals surface area (Å²) in [4.78, 5) is 6.41. The molecule has 0 spiro atoms. The fourth-order valence-corrected chi connectivity index (χ4v) is 9.07.